The number of nitrogens with one attached hydrogen (secondary N) is 1. The van der Waals surface area contributed by atoms with E-state index >= 15 is 0 Å². The number of amides is 1. The molecule has 1 heterocycles. The number of benzene rings is 2. The van der Waals surface area contributed by atoms with Gasteiger partial charge in [0.25, 0.3) is 5.91 Å². The summed E-state index contributed by atoms with van der Waals surface area (Å²) >= 11 is 3.22. The Morgan fingerprint density at radius 2 is 1.85 bits per heavy atom. The van der Waals surface area contributed by atoms with Crippen LogP contribution in [0.25, 0.3) is 10.1 Å². The zero-order valence-corrected chi connectivity index (χ0v) is 12.6. The Morgan fingerprint density at radius 1 is 1.10 bits per heavy atom. The van der Waals surface area contributed by atoms with Crippen LogP contribution in [-0.4, -0.2) is 12.2 Å². The summed E-state index contributed by atoms with van der Waals surface area (Å²) in [7, 11) is 0. The predicted octanol–water partition coefficient (Wildman–Crippen LogP) is 4.88. The number of hydrogen-bond donors (Lipinski definition) is 1. The minimum absolute atomic E-state index is 0.0519. The highest BCUT2D eigenvalue weighted by Crippen LogP contribution is 2.28. The predicted molar refractivity (Wildman–Crippen MR) is 88.0 cm³/mol. The number of thiophene rings is 1. The quantitative estimate of drug-likeness (QED) is 0.699. The fourth-order valence-electron chi connectivity index (χ4n) is 2.09. The van der Waals surface area contributed by atoms with Crippen molar-refractivity contribution in [3.63, 3.8) is 0 Å². The Kier molecular flexibility index (Phi) is 3.76. The summed E-state index contributed by atoms with van der Waals surface area (Å²) in [6.07, 6.45) is 2.00. The van der Waals surface area contributed by atoms with E-state index in [0.29, 0.717) is 0 Å². The van der Waals surface area contributed by atoms with Gasteiger partial charge in [0.05, 0.1) is 11.3 Å². The highest BCUT2D eigenvalue weighted by Gasteiger charge is 2.13. The molecule has 0 atom stereocenters. The van der Waals surface area contributed by atoms with Crippen LogP contribution in [0.4, 0.5) is 5.69 Å². The van der Waals surface area contributed by atoms with Gasteiger partial charge in [-0.15, -0.1) is 23.1 Å². The monoisotopic (exact) mass is 299 g/mol. The van der Waals surface area contributed by atoms with Gasteiger partial charge in [0.1, 0.15) is 0 Å². The number of thioether (sulfide) groups is 1. The van der Waals surface area contributed by atoms with Gasteiger partial charge in [-0.05, 0) is 24.5 Å². The van der Waals surface area contributed by atoms with Crippen molar-refractivity contribution in [2.24, 2.45) is 0 Å². The lowest BCUT2D eigenvalue weighted by Gasteiger charge is -2.08. The number of anilines is 1. The Bertz CT molecular complexity index is 764. The normalized spacial score (nSPS) is 10.7. The third-order valence-corrected chi connectivity index (χ3v) is 4.84. The number of para-hydroxylation sites is 1. The van der Waals surface area contributed by atoms with Gasteiger partial charge in [-0.3, -0.25) is 4.79 Å². The first-order chi connectivity index (χ1) is 9.79. The molecule has 1 N–H and O–H groups in total. The molecule has 0 saturated heterocycles. The van der Waals surface area contributed by atoms with E-state index in [1.807, 2.05) is 60.2 Å². The zero-order valence-electron chi connectivity index (χ0n) is 10.9. The summed E-state index contributed by atoms with van der Waals surface area (Å²) < 4.78 is 1.14. The number of rotatable bonds is 3. The Hall–Kier alpha value is -1.78. The molecule has 3 aromatic rings. The van der Waals surface area contributed by atoms with Crippen molar-refractivity contribution in [1.82, 2.24) is 0 Å². The van der Waals surface area contributed by atoms with E-state index in [2.05, 4.69) is 5.32 Å². The zero-order chi connectivity index (χ0) is 13.9. The molecule has 0 spiro atoms. The number of carbonyl (C=O) groups excluding carboxylic acids is 1. The number of hydrogen-bond acceptors (Lipinski definition) is 3. The van der Waals surface area contributed by atoms with Gasteiger partial charge in [0, 0.05) is 20.4 Å². The smallest absolute Gasteiger partial charge is 0.257 e. The molecule has 4 heteroatoms. The maximum Gasteiger partial charge on any atom is 0.257 e. The second-order valence-corrected chi connectivity index (χ2v) is 6.06. The van der Waals surface area contributed by atoms with Crippen LogP contribution in [0, 0.1) is 0 Å². The van der Waals surface area contributed by atoms with E-state index in [9.17, 15) is 4.79 Å². The molecule has 2 aromatic carbocycles. The van der Waals surface area contributed by atoms with Crippen LogP contribution in [-0.2, 0) is 0 Å². The van der Waals surface area contributed by atoms with Crippen molar-refractivity contribution in [3.05, 3.63) is 59.5 Å². The van der Waals surface area contributed by atoms with Gasteiger partial charge in [0.2, 0.25) is 0 Å². The van der Waals surface area contributed by atoms with Crippen LogP contribution in [0.2, 0.25) is 0 Å². The third-order valence-electron chi connectivity index (χ3n) is 3.08. The largest absolute Gasteiger partial charge is 0.321 e. The van der Waals surface area contributed by atoms with Crippen LogP contribution < -0.4 is 5.32 Å². The maximum atomic E-state index is 12.4. The van der Waals surface area contributed by atoms with E-state index in [1.54, 1.807) is 23.1 Å². The van der Waals surface area contributed by atoms with E-state index in [0.717, 1.165) is 26.2 Å². The van der Waals surface area contributed by atoms with Gasteiger partial charge in [0.15, 0.2) is 0 Å². The Labute approximate surface area is 125 Å². The first kappa shape index (κ1) is 13.2. The summed E-state index contributed by atoms with van der Waals surface area (Å²) in [5.41, 5.74) is 1.60. The van der Waals surface area contributed by atoms with Crippen molar-refractivity contribution in [2.45, 2.75) is 4.90 Å². The summed E-state index contributed by atoms with van der Waals surface area (Å²) in [6, 6.07) is 15.8. The van der Waals surface area contributed by atoms with Gasteiger partial charge >= 0.3 is 0 Å². The van der Waals surface area contributed by atoms with Crippen LogP contribution in [0.15, 0.2) is 58.8 Å². The fourth-order valence-corrected chi connectivity index (χ4v) is 3.59. The topological polar surface area (TPSA) is 29.1 Å². The minimum Gasteiger partial charge on any atom is -0.321 e. The van der Waals surface area contributed by atoms with Crippen molar-refractivity contribution >= 4 is 44.8 Å². The lowest BCUT2D eigenvalue weighted by Crippen LogP contribution is -2.11. The molecule has 0 unspecified atom stereocenters. The van der Waals surface area contributed by atoms with Crippen LogP contribution in [0.5, 0.6) is 0 Å². The van der Waals surface area contributed by atoms with Crippen molar-refractivity contribution in [3.8, 4) is 0 Å². The molecule has 100 valence electrons. The molecule has 20 heavy (non-hydrogen) atoms. The Morgan fingerprint density at radius 3 is 2.70 bits per heavy atom. The molecule has 3 rings (SSSR count). The molecule has 2 nitrogen and oxygen atoms in total. The van der Waals surface area contributed by atoms with Gasteiger partial charge < -0.3 is 5.32 Å². The van der Waals surface area contributed by atoms with Crippen LogP contribution in [0.1, 0.15) is 10.4 Å². The molecule has 0 radical (unpaired) electrons. The number of fused-ring (bicyclic) bond motifs is 1. The number of carbonyl (C=O) groups is 1. The molecular formula is C16H13NOS2. The molecule has 0 aliphatic rings. The summed E-state index contributed by atoms with van der Waals surface area (Å²) in [5, 5.41) is 5.93. The van der Waals surface area contributed by atoms with Crippen molar-refractivity contribution in [2.75, 3.05) is 11.6 Å². The van der Waals surface area contributed by atoms with E-state index < -0.39 is 0 Å². The second kappa shape index (κ2) is 5.69. The molecule has 0 aliphatic heterocycles. The van der Waals surface area contributed by atoms with E-state index in [4.69, 9.17) is 0 Å². The Balaban J connectivity index is 1.93. The molecule has 1 aromatic heterocycles. The first-order valence-corrected chi connectivity index (χ1v) is 8.30. The van der Waals surface area contributed by atoms with Gasteiger partial charge in [-0.1, -0.05) is 30.3 Å². The summed E-state index contributed by atoms with van der Waals surface area (Å²) in [6.45, 7) is 0. The molecule has 0 aliphatic carbocycles. The molecule has 0 bridgehead atoms. The lowest BCUT2D eigenvalue weighted by atomic mass is 10.1. The molecular weight excluding hydrogens is 286 g/mol. The average molecular weight is 299 g/mol. The van der Waals surface area contributed by atoms with Crippen molar-refractivity contribution in [1.29, 1.82) is 0 Å². The highest BCUT2D eigenvalue weighted by molar-refractivity contribution is 7.98. The standard InChI is InChI=1S/C16H13NOS2/c1-19-15-9-5-3-7-13(15)17-16(18)12-10-20-14-8-4-2-6-11(12)14/h2-10H,1H3,(H,17,18). The van der Waals surface area contributed by atoms with E-state index in [-0.39, 0.29) is 5.91 Å². The average Bonchev–Trinajstić information content (AvgIpc) is 2.92. The minimum atomic E-state index is -0.0519. The second-order valence-electron chi connectivity index (χ2n) is 4.30. The van der Waals surface area contributed by atoms with Crippen LogP contribution >= 0.6 is 23.1 Å². The van der Waals surface area contributed by atoms with Crippen molar-refractivity contribution < 1.29 is 4.79 Å². The third kappa shape index (κ3) is 2.44. The maximum absolute atomic E-state index is 12.4. The van der Waals surface area contributed by atoms with E-state index in [1.165, 1.54) is 0 Å². The van der Waals surface area contributed by atoms with Crippen LogP contribution in [0.3, 0.4) is 0 Å². The molecule has 1 amide bonds. The van der Waals surface area contributed by atoms with Gasteiger partial charge in [-0.25, -0.2) is 0 Å². The lowest BCUT2D eigenvalue weighted by molar-refractivity contribution is 0.102. The first-order valence-electron chi connectivity index (χ1n) is 6.20. The van der Waals surface area contributed by atoms with Gasteiger partial charge in [-0.2, -0.15) is 0 Å². The molecule has 0 fully saturated rings. The molecule has 0 saturated carbocycles. The summed E-state index contributed by atoms with van der Waals surface area (Å²) in [4.78, 5) is 13.5. The fraction of sp³-hybridized carbons (Fsp3) is 0.0625. The highest BCUT2D eigenvalue weighted by atomic mass is 32.2. The SMILES string of the molecule is CSc1ccccc1NC(=O)c1csc2ccccc12. The summed E-state index contributed by atoms with van der Waals surface area (Å²) in [5.74, 6) is -0.0519.